The lowest BCUT2D eigenvalue weighted by Gasteiger charge is -2.30. The lowest BCUT2D eigenvalue weighted by Crippen LogP contribution is -2.49. The molecule has 198 valence electrons. The largest absolute Gasteiger partial charge is 0.396 e. The van der Waals surface area contributed by atoms with Crippen molar-refractivity contribution >= 4 is 49.6 Å². The number of rotatable bonds is 3. The van der Waals surface area contributed by atoms with Crippen molar-refractivity contribution in [1.29, 1.82) is 0 Å². The van der Waals surface area contributed by atoms with Crippen molar-refractivity contribution in [2.45, 2.75) is 83.0 Å². The summed E-state index contributed by atoms with van der Waals surface area (Å²) in [6.45, 7) is 11.3. The van der Waals surface area contributed by atoms with E-state index < -0.39 is 17.0 Å². The highest BCUT2D eigenvalue weighted by Crippen LogP contribution is 2.47. The number of carbonyl (C=O) groups excluding carboxylic acids is 1. The number of aromatic nitrogens is 2. The second kappa shape index (κ2) is 8.34. The smallest absolute Gasteiger partial charge is 0.263 e. The number of thiazole rings is 1. The van der Waals surface area contributed by atoms with Crippen LogP contribution in [0.1, 0.15) is 60.1 Å². The highest BCUT2D eigenvalue weighted by molar-refractivity contribution is 7.29. The van der Waals surface area contributed by atoms with E-state index in [1.165, 1.54) is 22.7 Å². The van der Waals surface area contributed by atoms with Crippen LogP contribution in [0.25, 0.3) is 9.53 Å². The Morgan fingerprint density at radius 2 is 1.89 bits per heavy atom. The summed E-state index contributed by atoms with van der Waals surface area (Å²) in [6.07, 6.45) is 2.36. The maximum atomic E-state index is 13.0. The number of nitrogens with two attached hydrogens (primary N) is 2. The first-order chi connectivity index (χ1) is 17.4. The van der Waals surface area contributed by atoms with Crippen LogP contribution in [0.4, 0.5) is 11.5 Å². The zero-order valence-corrected chi connectivity index (χ0v) is 23.5. The first kappa shape index (κ1) is 25.0. The number of hydrogen-bond donors (Lipinski definition) is 3. The van der Waals surface area contributed by atoms with E-state index in [-0.39, 0.29) is 18.0 Å². The molecular formula is C26H34N6O3S2. The van der Waals surface area contributed by atoms with Gasteiger partial charge in [-0.1, -0.05) is 6.07 Å². The van der Waals surface area contributed by atoms with Crippen LogP contribution in [0.15, 0.2) is 12.1 Å². The molecule has 9 nitrogen and oxygen atoms in total. The Balaban J connectivity index is 1.14. The van der Waals surface area contributed by atoms with Gasteiger partial charge in [0.2, 0.25) is 5.79 Å². The molecule has 2 fully saturated rings. The number of thiophene rings is 1. The molecule has 0 radical (unpaired) electrons. The molecule has 5 heterocycles. The monoisotopic (exact) mass is 542 g/mol. The van der Waals surface area contributed by atoms with Crippen LogP contribution in [0.5, 0.6) is 0 Å². The molecule has 2 unspecified atom stereocenters. The Labute approximate surface area is 224 Å². The molecule has 37 heavy (non-hydrogen) atoms. The third-order valence-corrected chi connectivity index (χ3v) is 10.4. The summed E-state index contributed by atoms with van der Waals surface area (Å²) < 4.78 is 13.8. The van der Waals surface area contributed by atoms with E-state index in [9.17, 15) is 4.79 Å². The molecule has 6 rings (SSSR count). The first-order valence-electron chi connectivity index (χ1n) is 12.7. The second-order valence-corrected chi connectivity index (χ2v) is 13.6. The number of hydrogen-bond acceptors (Lipinski definition) is 10. The van der Waals surface area contributed by atoms with Gasteiger partial charge in [-0.3, -0.25) is 4.79 Å². The van der Waals surface area contributed by atoms with Crippen molar-refractivity contribution < 1.29 is 14.3 Å². The Morgan fingerprint density at radius 1 is 1.16 bits per heavy atom. The molecule has 3 aromatic heterocycles. The minimum absolute atomic E-state index is 0.0371. The molecule has 3 aliphatic rings. The fourth-order valence-electron chi connectivity index (χ4n) is 5.57. The van der Waals surface area contributed by atoms with E-state index >= 15 is 0 Å². The molecule has 1 amide bonds. The summed E-state index contributed by atoms with van der Waals surface area (Å²) in [7, 11) is 0. The van der Waals surface area contributed by atoms with Crippen LogP contribution < -0.4 is 21.7 Å². The molecule has 0 saturated carbocycles. The van der Waals surface area contributed by atoms with Crippen LogP contribution in [-0.4, -0.2) is 58.0 Å². The van der Waals surface area contributed by atoms with Gasteiger partial charge in [0.15, 0.2) is 0 Å². The van der Waals surface area contributed by atoms with Crippen LogP contribution in [0.2, 0.25) is 0 Å². The normalized spacial score (nSPS) is 25.6. The average molecular weight is 543 g/mol. The summed E-state index contributed by atoms with van der Waals surface area (Å²) in [5, 5.41) is 4.14. The molecule has 11 heteroatoms. The van der Waals surface area contributed by atoms with Gasteiger partial charge in [0.25, 0.3) is 5.91 Å². The predicted octanol–water partition coefficient (Wildman–Crippen LogP) is 3.38. The van der Waals surface area contributed by atoms with Crippen LogP contribution in [0.3, 0.4) is 0 Å². The third-order valence-electron chi connectivity index (χ3n) is 8.21. The van der Waals surface area contributed by atoms with Crippen molar-refractivity contribution in [3.8, 4) is 0 Å². The fraction of sp³-hybridized carbons (Fsp3) is 0.577. The number of aryl methyl sites for hydroxylation is 2. The Bertz CT molecular complexity index is 1380. The number of nitrogens with one attached hydrogen (secondary N) is 1. The maximum Gasteiger partial charge on any atom is 0.263 e. The van der Waals surface area contributed by atoms with Gasteiger partial charge in [-0.25, -0.2) is 9.97 Å². The maximum absolute atomic E-state index is 13.0. The van der Waals surface area contributed by atoms with E-state index in [0.29, 0.717) is 23.7 Å². The van der Waals surface area contributed by atoms with Crippen LogP contribution in [-0.2, 0) is 22.3 Å². The van der Waals surface area contributed by atoms with E-state index in [0.717, 1.165) is 50.9 Å². The molecule has 5 N–H and O–H groups in total. The highest BCUT2D eigenvalue weighted by atomic mass is 32.1. The Morgan fingerprint density at radius 3 is 2.59 bits per heavy atom. The molecule has 2 saturated heterocycles. The number of carbonyl (C=O) groups is 1. The SMILES string of the molecule is Cc1nc2sc(C(=O)NC3CCc4nc(N5CC(N)C6(C5)OC(C)(C)C(C)(C)O6)ccc4C3)c(N)c2s1. The second-order valence-electron chi connectivity index (χ2n) is 11.4. The molecule has 0 aromatic carbocycles. The molecule has 1 aliphatic carbocycles. The van der Waals surface area contributed by atoms with Crippen molar-refractivity contribution in [1.82, 2.24) is 15.3 Å². The minimum Gasteiger partial charge on any atom is -0.396 e. The van der Waals surface area contributed by atoms with Gasteiger partial charge in [0, 0.05) is 18.3 Å². The molecular weight excluding hydrogens is 508 g/mol. The number of amides is 1. The van der Waals surface area contributed by atoms with E-state index in [1.807, 2.05) is 13.0 Å². The minimum atomic E-state index is -0.841. The average Bonchev–Trinajstić information content (AvgIpc) is 3.48. The molecule has 3 aromatic rings. The number of anilines is 2. The summed E-state index contributed by atoms with van der Waals surface area (Å²) in [5.41, 5.74) is 14.7. The summed E-state index contributed by atoms with van der Waals surface area (Å²) in [4.78, 5) is 26.0. The van der Waals surface area contributed by atoms with E-state index in [1.54, 1.807) is 0 Å². The van der Waals surface area contributed by atoms with Crippen molar-refractivity contribution in [3.05, 3.63) is 33.3 Å². The van der Waals surface area contributed by atoms with Gasteiger partial charge in [0.1, 0.15) is 15.5 Å². The van der Waals surface area contributed by atoms with Crippen LogP contribution in [0, 0.1) is 6.92 Å². The molecule has 2 aliphatic heterocycles. The zero-order chi connectivity index (χ0) is 26.3. The number of nitrogens with zero attached hydrogens (tertiary/aromatic N) is 3. The van der Waals surface area contributed by atoms with E-state index in [2.05, 4.69) is 49.0 Å². The summed E-state index contributed by atoms with van der Waals surface area (Å²) in [6, 6.07) is 3.93. The van der Waals surface area contributed by atoms with Gasteiger partial charge in [0.05, 0.1) is 39.2 Å². The highest BCUT2D eigenvalue weighted by Gasteiger charge is 2.62. The fourth-order valence-corrected chi connectivity index (χ4v) is 7.66. The summed E-state index contributed by atoms with van der Waals surface area (Å²) in [5.74, 6) is -0.0774. The number of nitrogen functional groups attached to an aromatic ring is 1. The van der Waals surface area contributed by atoms with Crippen molar-refractivity contribution in [2.24, 2.45) is 5.73 Å². The number of pyridine rings is 1. The molecule has 0 bridgehead atoms. The molecule has 1 spiro atoms. The van der Waals surface area contributed by atoms with Gasteiger partial charge in [-0.15, -0.1) is 22.7 Å². The quantitative estimate of drug-likeness (QED) is 0.460. The van der Waals surface area contributed by atoms with Gasteiger partial charge < -0.3 is 31.2 Å². The van der Waals surface area contributed by atoms with Crippen molar-refractivity contribution in [3.63, 3.8) is 0 Å². The van der Waals surface area contributed by atoms with Gasteiger partial charge in [-0.05, 0) is 65.5 Å². The topological polar surface area (TPSA) is 129 Å². The standard InChI is InChI=1S/C26H34N6O3S2/c1-13-29-23-21(36-13)19(28)20(37-23)22(33)30-15-7-8-16-14(10-15)6-9-18(31-16)32-11-17(27)26(12-32)34-24(2,3)25(4,5)35-26/h6,9,15,17H,7-8,10-12,27-28H2,1-5H3,(H,30,33). The van der Waals surface area contributed by atoms with Crippen LogP contribution >= 0.6 is 22.7 Å². The first-order valence-corrected chi connectivity index (χ1v) is 14.4. The Hall–Kier alpha value is -2.31. The number of fused-ring (bicyclic) bond motifs is 2. The van der Waals surface area contributed by atoms with Crippen molar-refractivity contribution in [2.75, 3.05) is 23.7 Å². The summed E-state index contributed by atoms with van der Waals surface area (Å²) >= 11 is 2.89. The predicted molar refractivity (Wildman–Crippen MR) is 147 cm³/mol. The third kappa shape index (κ3) is 4.02. The lowest BCUT2D eigenvalue weighted by atomic mass is 9.90. The molecule has 2 atom stereocenters. The zero-order valence-electron chi connectivity index (χ0n) is 21.9. The van der Waals surface area contributed by atoms with Gasteiger partial charge in [-0.2, -0.15) is 0 Å². The Kier molecular flexibility index (Phi) is 5.64. The van der Waals surface area contributed by atoms with E-state index in [4.69, 9.17) is 25.9 Å². The van der Waals surface area contributed by atoms with Gasteiger partial charge >= 0.3 is 0 Å². The number of ether oxygens (including phenoxy) is 2. The lowest BCUT2D eigenvalue weighted by molar-refractivity contribution is -0.183.